The number of nitrogens with two attached hydrogens (primary N) is 2. The minimum absolute atomic E-state index is 0.155. The maximum atomic E-state index is 6.51. The van der Waals surface area contributed by atoms with Crippen LogP contribution in [-0.4, -0.2) is 11.0 Å². The van der Waals surface area contributed by atoms with Gasteiger partial charge in [-0.05, 0) is 54.7 Å². The zero-order valence-electron chi connectivity index (χ0n) is 18.8. The van der Waals surface area contributed by atoms with Gasteiger partial charge in [-0.25, -0.2) is 0 Å². The molecule has 160 valence electrons. The average Bonchev–Trinajstić information content (AvgIpc) is 2.73. The molecule has 4 heteroatoms. The maximum Gasteiger partial charge on any atom is 0.0407 e. The summed E-state index contributed by atoms with van der Waals surface area (Å²) in [6.07, 6.45) is 6.52. The molecule has 0 amide bonds. The van der Waals surface area contributed by atoms with Gasteiger partial charge in [0, 0.05) is 42.1 Å². The molecule has 0 bridgehead atoms. The van der Waals surface area contributed by atoms with E-state index in [0.29, 0.717) is 0 Å². The third kappa shape index (κ3) is 6.68. The number of rotatable bonds is 10. The van der Waals surface area contributed by atoms with Gasteiger partial charge in [-0.3, -0.25) is 4.98 Å². The summed E-state index contributed by atoms with van der Waals surface area (Å²) >= 11 is 0. The van der Waals surface area contributed by atoms with Crippen LogP contribution in [0.15, 0.2) is 72.5 Å². The Morgan fingerprint density at radius 3 is 2.43 bits per heavy atom. The first kappa shape index (κ1) is 23.6. The fourth-order valence-corrected chi connectivity index (χ4v) is 3.54. The molecule has 2 aromatic rings. The summed E-state index contributed by atoms with van der Waals surface area (Å²) in [5, 5.41) is 3.53. The number of pyridine rings is 1. The van der Waals surface area contributed by atoms with Crippen LogP contribution in [0.25, 0.3) is 0 Å². The topological polar surface area (TPSA) is 77.0 Å². The van der Waals surface area contributed by atoms with E-state index in [4.69, 9.17) is 11.5 Å². The summed E-state index contributed by atoms with van der Waals surface area (Å²) < 4.78 is 0. The molecule has 0 radical (unpaired) electrons. The molecule has 2 rings (SSSR count). The van der Waals surface area contributed by atoms with E-state index in [1.165, 1.54) is 16.7 Å². The van der Waals surface area contributed by atoms with E-state index in [9.17, 15) is 0 Å². The first-order valence-corrected chi connectivity index (χ1v) is 10.6. The molecule has 4 nitrogen and oxygen atoms in total. The average molecular weight is 405 g/mol. The summed E-state index contributed by atoms with van der Waals surface area (Å²) in [5.41, 5.74) is 20.2. The van der Waals surface area contributed by atoms with E-state index in [-0.39, 0.29) is 12.0 Å². The second-order valence-corrected chi connectivity index (χ2v) is 7.85. The normalized spacial score (nSPS) is 14.4. The monoisotopic (exact) mass is 404 g/mol. The Labute approximate surface area is 181 Å². The summed E-state index contributed by atoms with van der Waals surface area (Å²) in [4.78, 5) is 4.54. The molecule has 5 N–H and O–H groups in total. The summed E-state index contributed by atoms with van der Waals surface area (Å²) in [7, 11) is 0. The molecule has 0 aliphatic carbocycles. The second kappa shape index (κ2) is 11.5. The van der Waals surface area contributed by atoms with Gasteiger partial charge in [0.1, 0.15) is 0 Å². The summed E-state index contributed by atoms with van der Waals surface area (Å²) in [6, 6.07) is 12.8. The van der Waals surface area contributed by atoms with E-state index in [1.54, 1.807) is 6.08 Å². The summed E-state index contributed by atoms with van der Waals surface area (Å²) in [6.45, 7) is 13.6. The first-order valence-electron chi connectivity index (χ1n) is 10.6. The Balaban J connectivity index is 1.99. The van der Waals surface area contributed by atoms with Crippen LogP contribution in [0.5, 0.6) is 0 Å². The van der Waals surface area contributed by atoms with Crippen LogP contribution < -0.4 is 16.8 Å². The number of hydrogen-bond donors (Lipinski definition) is 3. The van der Waals surface area contributed by atoms with Crippen molar-refractivity contribution in [3.05, 3.63) is 101 Å². The minimum Gasteiger partial charge on any atom is -0.402 e. The van der Waals surface area contributed by atoms with E-state index in [1.807, 2.05) is 26.0 Å². The van der Waals surface area contributed by atoms with Crippen molar-refractivity contribution in [3.63, 3.8) is 0 Å². The number of hydrogen-bond acceptors (Lipinski definition) is 4. The fraction of sp³-hybridized carbons (Fsp3) is 0.346. The molecule has 0 aliphatic heterocycles. The quantitative estimate of drug-likeness (QED) is 0.504. The number of nitrogens with zero attached hydrogens (tertiary/aromatic N) is 1. The molecule has 0 saturated carbocycles. The van der Waals surface area contributed by atoms with Crippen molar-refractivity contribution in [3.8, 4) is 0 Å². The number of aryl methyl sites for hydroxylation is 2. The maximum absolute atomic E-state index is 6.51. The molecule has 1 aromatic carbocycles. The molecule has 1 aromatic heterocycles. The van der Waals surface area contributed by atoms with Gasteiger partial charge in [-0.15, -0.1) is 0 Å². The Hall–Kier alpha value is -2.69. The zero-order chi connectivity index (χ0) is 22.1. The molecule has 0 spiro atoms. The fourth-order valence-electron chi connectivity index (χ4n) is 3.54. The van der Waals surface area contributed by atoms with Gasteiger partial charge in [0.2, 0.25) is 0 Å². The summed E-state index contributed by atoms with van der Waals surface area (Å²) in [5.74, 6) is 0.155. The van der Waals surface area contributed by atoms with E-state index < -0.39 is 0 Å². The van der Waals surface area contributed by atoms with Crippen LogP contribution in [-0.2, 0) is 19.5 Å². The molecule has 0 fully saturated rings. The van der Waals surface area contributed by atoms with Gasteiger partial charge in [0.05, 0.1) is 0 Å². The zero-order valence-corrected chi connectivity index (χ0v) is 18.8. The molecular weight excluding hydrogens is 368 g/mol. The van der Waals surface area contributed by atoms with Gasteiger partial charge in [0.15, 0.2) is 0 Å². The van der Waals surface area contributed by atoms with Gasteiger partial charge in [-0.2, -0.15) is 0 Å². The molecular formula is C26H36N4. The molecule has 30 heavy (non-hydrogen) atoms. The Morgan fingerprint density at radius 1 is 1.17 bits per heavy atom. The lowest BCUT2D eigenvalue weighted by molar-refractivity contribution is 0.638. The molecule has 0 saturated heterocycles. The van der Waals surface area contributed by atoms with Crippen LogP contribution in [0.3, 0.4) is 0 Å². The van der Waals surface area contributed by atoms with Gasteiger partial charge in [-0.1, -0.05) is 62.9 Å². The minimum atomic E-state index is -0.169. The van der Waals surface area contributed by atoms with Crippen LogP contribution >= 0.6 is 0 Å². The molecule has 1 heterocycles. The highest BCUT2D eigenvalue weighted by molar-refractivity contribution is 5.35. The number of nitrogens with one attached hydrogen (secondary N) is 1. The SMILES string of the molecule is C=C/C=C\C(=C(/C)N)C(N)C(C)c1ccc(CNCc2cc(C)nc(CC)c2)cc1. The predicted molar refractivity (Wildman–Crippen MR) is 128 cm³/mol. The second-order valence-electron chi connectivity index (χ2n) is 7.85. The number of allylic oxidation sites excluding steroid dienone is 3. The van der Waals surface area contributed by atoms with Crippen molar-refractivity contribution >= 4 is 0 Å². The van der Waals surface area contributed by atoms with Crippen molar-refractivity contribution in [2.24, 2.45) is 11.5 Å². The van der Waals surface area contributed by atoms with Crippen molar-refractivity contribution in [2.75, 3.05) is 0 Å². The van der Waals surface area contributed by atoms with Crippen molar-refractivity contribution in [1.82, 2.24) is 10.3 Å². The van der Waals surface area contributed by atoms with Crippen LogP contribution in [0.2, 0.25) is 0 Å². The highest BCUT2D eigenvalue weighted by atomic mass is 14.8. The van der Waals surface area contributed by atoms with Crippen LogP contribution in [0.4, 0.5) is 0 Å². The molecule has 2 unspecified atom stereocenters. The van der Waals surface area contributed by atoms with Gasteiger partial charge >= 0.3 is 0 Å². The Bertz CT molecular complexity index is 890. The van der Waals surface area contributed by atoms with Crippen molar-refractivity contribution < 1.29 is 0 Å². The Kier molecular flexibility index (Phi) is 9.03. The smallest absolute Gasteiger partial charge is 0.0407 e. The number of aromatic nitrogens is 1. The lowest BCUT2D eigenvalue weighted by atomic mass is 9.87. The standard InChI is InChI=1S/C26H36N4/c1-6-8-9-25(20(5)27)26(28)19(4)23-12-10-21(11-13-23)16-29-17-22-14-18(3)30-24(7-2)15-22/h6,8-15,19,26,29H,1,7,16-17,27-28H2,2-5H3/b9-8-,25-20-. The van der Waals surface area contributed by atoms with Gasteiger partial charge in [0.25, 0.3) is 0 Å². The highest BCUT2D eigenvalue weighted by Gasteiger charge is 2.18. The lowest BCUT2D eigenvalue weighted by Gasteiger charge is -2.23. The van der Waals surface area contributed by atoms with E-state index >= 15 is 0 Å². The van der Waals surface area contributed by atoms with Crippen LogP contribution in [0, 0.1) is 6.92 Å². The third-order valence-corrected chi connectivity index (χ3v) is 5.36. The van der Waals surface area contributed by atoms with Crippen LogP contribution in [0.1, 0.15) is 54.8 Å². The lowest BCUT2D eigenvalue weighted by Crippen LogP contribution is -2.30. The van der Waals surface area contributed by atoms with Gasteiger partial charge < -0.3 is 16.8 Å². The van der Waals surface area contributed by atoms with E-state index in [0.717, 1.165) is 42.2 Å². The predicted octanol–water partition coefficient (Wildman–Crippen LogP) is 4.65. The third-order valence-electron chi connectivity index (χ3n) is 5.36. The van der Waals surface area contributed by atoms with Crippen molar-refractivity contribution in [1.29, 1.82) is 0 Å². The van der Waals surface area contributed by atoms with Crippen molar-refractivity contribution in [2.45, 2.75) is 59.2 Å². The first-order chi connectivity index (χ1) is 14.3. The molecule has 0 aliphatic rings. The van der Waals surface area contributed by atoms with E-state index in [2.05, 4.69) is 67.1 Å². The largest absolute Gasteiger partial charge is 0.402 e. The Morgan fingerprint density at radius 2 is 1.83 bits per heavy atom. The highest BCUT2D eigenvalue weighted by Crippen LogP contribution is 2.24. The number of benzene rings is 1. The molecule has 2 atom stereocenters.